The Morgan fingerprint density at radius 3 is 2.71 bits per heavy atom. The van der Waals surface area contributed by atoms with Crippen LogP contribution in [0.1, 0.15) is 18.1 Å². The summed E-state index contributed by atoms with van der Waals surface area (Å²) in [5.41, 5.74) is 2.33. The van der Waals surface area contributed by atoms with Gasteiger partial charge in [-0.1, -0.05) is 6.92 Å². The quantitative estimate of drug-likeness (QED) is 0.671. The monoisotopic (exact) mass is 228 g/mol. The molecule has 0 unspecified atom stereocenters. The summed E-state index contributed by atoms with van der Waals surface area (Å²) in [5, 5.41) is 0.828. The van der Waals surface area contributed by atoms with E-state index in [9.17, 15) is 4.39 Å². The van der Waals surface area contributed by atoms with E-state index in [1.54, 1.807) is 6.07 Å². The molecule has 0 aliphatic heterocycles. The molecule has 0 N–H and O–H groups in total. The maximum absolute atomic E-state index is 13.0. The third kappa shape index (κ3) is 1.64. The molecular formula is C11H10ClFS. The highest BCUT2D eigenvalue weighted by Gasteiger charge is 2.06. The Morgan fingerprint density at radius 2 is 2.07 bits per heavy atom. The lowest BCUT2D eigenvalue weighted by Crippen LogP contribution is -1.88. The Bertz CT molecular complexity index is 421. The van der Waals surface area contributed by atoms with Crippen molar-refractivity contribution >= 4 is 33.0 Å². The largest absolute Gasteiger partial charge is 0.195 e. The average molecular weight is 229 g/mol. The maximum Gasteiger partial charge on any atom is 0.177 e. The molecule has 2 aromatic rings. The molecule has 0 amide bonds. The van der Waals surface area contributed by atoms with Crippen molar-refractivity contribution in [1.29, 1.82) is 0 Å². The molecule has 14 heavy (non-hydrogen) atoms. The normalized spacial score (nSPS) is 11.1. The van der Waals surface area contributed by atoms with Crippen molar-refractivity contribution < 1.29 is 4.39 Å². The van der Waals surface area contributed by atoms with Gasteiger partial charge in [-0.3, -0.25) is 0 Å². The molecular weight excluding hydrogens is 219 g/mol. The van der Waals surface area contributed by atoms with Crippen LogP contribution in [0.2, 0.25) is 0 Å². The summed E-state index contributed by atoms with van der Waals surface area (Å²) in [6.07, 6.45) is 0.942. The van der Waals surface area contributed by atoms with Crippen molar-refractivity contribution in [3.8, 4) is 0 Å². The molecule has 1 aromatic carbocycles. The second kappa shape index (κ2) is 3.87. The molecule has 0 saturated carbocycles. The number of hydrogen-bond acceptors (Lipinski definition) is 1. The van der Waals surface area contributed by atoms with Gasteiger partial charge in [-0.25, -0.2) is 0 Å². The second-order valence-corrected chi connectivity index (χ2v) is 4.50. The molecule has 0 aliphatic rings. The number of aryl methyl sites for hydroxylation is 1. The van der Waals surface area contributed by atoms with E-state index in [1.807, 2.05) is 12.1 Å². The summed E-state index contributed by atoms with van der Waals surface area (Å²) in [6, 6.07) is 5.59. The fourth-order valence-electron chi connectivity index (χ4n) is 1.60. The first-order valence-electron chi connectivity index (χ1n) is 4.51. The van der Waals surface area contributed by atoms with Gasteiger partial charge >= 0.3 is 0 Å². The van der Waals surface area contributed by atoms with Gasteiger partial charge in [0.15, 0.2) is 5.13 Å². The third-order valence-electron chi connectivity index (χ3n) is 2.33. The molecule has 0 spiro atoms. The Morgan fingerprint density at radius 1 is 1.29 bits per heavy atom. The summed E-state index contributed by atoms with van der Waals surface area (Å²) in [4.78, 5) is 0. The number of rotatable bonds is 2. The molecule has 1 heterocycles. The average Bonchev–Trinajstić information content (AvgIpc) is 2.54. The summed E-state index contributed by atoms with van der Waals surface area (Å²) >= 11 is 7.02. The summed E-state index contributed by atoms with van der Waals surface area (Å²) in [7, 11) is 0. The lowest BCUT2D eigenvalue weighted by molar-refractivity contribution is 0.658. The zero-order valence-corrected chi connectivity index (χ0v) is 9.38. The van der Waals surface area contributed by atoms with E-state index in [2.05, 4.69) is 6.92 Å². The van der Waals surface area contributed by atoms with Crippen LogP contribution in [0.5, 0.6) is 0 Å². The summed E-state index contributed by atoms with van der Waals surface area (Å²) in [6.45, 7) is 2.08. The van der Waals surface area contributed by atoms with E-state index in [0.29, 0.717) is 5.88 Å². The Labute approximate surface area is 91.3 Å². The van der Waals surface area contributed by atoms with Crippen molar-refractivity contribution in [2.45, 2.75) is 19.2 Å². The van der Waals surface area contributed by atoms with Gasteiger partial charge in [0.25, 0.3) is 0 Å². The second-order valence-electron chi connectivity index (χ2n) is 3.20. The van der Waals surface area contributed by atoms with Gasteiger partial charge in [0.1, 0.15) is 0 Å². The van der Waals surface area contributed by atoms with E-state index in [0.717, 1.165) is 22.1 Å². The maximum atomic E-state index is 13.0. The molecule has 74 valence electrons. The lowest BCUT2D eigenvalue weighted by Gasteiger charge is -2.04. The first-order chi connectivity index (χ1) is 6.74. The number of alkyl halides is 1. The van der Waals surface area contributed by atoms with Crippen LogP contribution in [0.4, 0.5) is 4.39 Å². The SMILES string of the molecule is CCc1cc2sc(F)cc2cc1CCl. The zero-order valence-electron chi connectivity index (χ0n) is 7.81. The molecule has 0 aliphatic carbocycles. The Balaban J connectivity index is 2.68. The van der Waals surface area contributed by atoms with Gasteiger partial charge in [0, 0.05) is 10.6 Å². The Hall–Kier alpha value is -0.600. The fraction of sp³-hybridized carbons (Fsp3) is 0.273. The summed E-state index contributed by atoms with van der Waals surface area (Å²) in [5.74, 6) is 0.497. The van der Waals surface area contributed by atoms with Crippen molar-refractivity contribution in [2.24, 2.45) is 0 Å². The van der Waals surface area contributed by atoms with Crippen molar-refractivity contribution in [2.75, 3.05) is 0 Å². The fourth-order valence-corrected chi connectivity index (χ4v) is 2.68. The Kier molecular flexibility index (Phi) is 2.75. The minimum Gasteiger partial charge on any atom is -0.195 e. The lowest BCUT2D eigenvalue weighted by atomic mass is 10.0. The molecule has 0 fully saturated rings. The molecule has 0 saturated heterocycles. The van der Waals surface area contributed by atoms with E-state index < -0.39 is 0 Å². The van der Waals surface area contributed by atoms with Gasteiger partial charge in [0.05, 0.1) is 0 Å². The first kappa shape index (κ1) is 9.94. The molecule has 0 radical (unpaired) electrons. The van der Waals surface area contributed by atoms with Gasteiger partial charge < -0.3 is 0 Å². The molecule has 2 rings (SSSR count). The van der Waals surface area contributed by atoms with Crippen LogP contribution in [-0.2, 0) is 12.3 Å². The van der Waals surface area contributed by atoms with E-state index in [1.165, 1.54) is 16.9 Å². The van der Waals surface area contributed by atoms with Crippen LogP contribution in [0, 0.1) is 5.13 Å². The van der Waals surface area contributed by atoms with E-state index in [-0.39, 0.29) is 5.13 Å². The van der Waals surface area contributed by atoms with Gasteiger partial charge in [0.2, 0.25) is 0 Å². The molecule has 0 nitrogen and oxygen atoms in total. The third-order valence-corrected chi connectivity index (χ3v) is 3.51. The highest BCUT2D eigenvalue weighted by Crippen LogP contribution is 2.28. The number of halogens is 2. The molecule has 3 heteroatoms. The van der Waals surface area contributed by atoms with Crippen LogP contribution in [-0.4, -0.2) is 0 Å². The van der Waals surface area contributed by atoms with Crippen LogP contribution in [0.25, 0.3) is 10.1 Å². The predicted molar refractivity (Wildman–Crippen MR) is 60.7 cm³/mol. The number of benzene rings is 1. The topological polar surface area (TPSA) is 0 Å². The van der Waals surface area contributed by atoms with E-state index in [4.69, 9.17) is 11.6 Å². The van der Waals surface area contributed by atoms with Crippen LogP contribution >= 0.6 is 22.9 Å². The molecule has 0 atom stereocenters. The van der Waals surface area contributed by atoms with Gasteiger partial charge in [-0.2, -0.15) is 4.39 Å². The van der Waals surface area contributed by atoms with Crippen molar-refractivity contribution in [3.05, 3.63) is 34.5 Å². The smallest absolute Gasteiger partial charge is 0.177 e. The highest BCUT2D eigenvalue weighted by atomic mass is 35.5. The van der Waals surface area contributed by atoms with Gasteiger partial charge in [-0.15, -0.1) is 22.9 Å². The minimum atomic E-state index is -0.131. The minimum absolute atomic E-state index is 0.131. The van der Waals surface area contributed by atoms with Crippen LogP contribution in [0.3, 0.4) is 0 Å². The predicted octanol–water partition coefficient (Wildman–Crippen LogP) is 4.34. The number of thiophene rings is 1. The van der Waals surface area contributed by atoms with Crippen LogP contribution < -0.4 is 0 Å². The number of fused-ring (bicyclic) bond motifs is 1. The highest BCUT2D eigenvalue weighted by molar-refractivity contribution is 7.17. The molecule has 1 aromatic heterocycles. The van der Waals surface area contributed by atoms with Crippen molar-refractivity contribution in [3.63, 3.8) is 0 Å². The number of hydrogen-bond donors (Lipinski definition) is 0. The van der Waals surface area contributed by atoms with Gasteiger partial charge in [-0.05, 0) is 41.1 Å². The molecule has 0 bridgehead atoms. The standard InChI is InChI=1S/C11H10ClFS/c1-2-7-4-10-8(3-9(7)6-12)5-11(13)14-10/h3-5H,2,6H2,1H3. The first-order valence-corrected chi connectivity index (χ1v) is 5.86. The summed E-state index contributed by atoms with van der Waals surface area (Å²) < 4.78 is 14.0. The van der Waals surface area contributed by atoms with Crippen molar-refractivity contribution in [1.82, 2.24) is 0 Å². The zero-order chi connectivity index (χ0) is 10.1. The van der Waals surface area contributed by atoms with Crippen LogP contribution in [0.15, 0.2) is 18.2 Å². The van der Waals surface area contributed by atoms with E-state index >= 15 is 0 Å².